The molecule has 0 amide bonds. The normalized spacial score (nSPS) is 11.3. The summed E-state index contributed by atoms with van der Waals surface area (Å²) in [4.78, 5) is 4.61. The van der Waals surface area contributed by atoms with Gasteiger partial charge in [0, 0.05) is 30.7 Å². The molecule has 6 nitrogen and oxygen atoms in total. The van der Waals surface area contributed by atoms with Crippen molar-refractivity contribution < 1.29 is 0 Å². The van der Waals surface area contributed by atoms with Crippen LogP contribution in [-0.2, 0) is 13.0 Å². The molecule has 0 unspecified atom stereocenters. The molecule has 144 valence electrons. The van der Waals surface area contributed by atoms with Crippen molar-refractivity contribution in [3.05, 3.63) is 65.1 Å². The fraction of sp³-hybridized carbons (Fsp3) is 0.316. The average Bonchev–Trinajstić information content (AvgIpc) is 3.06. The van der Waals surface area contributed by atoms with E-state index in [1.54, 1.807) is 0 Å². The minimum absolute atomic E-state index is 0. The third-order valence-electron chi connectivity index (χ3n) is 3.91. The van der Waals surface area contributed by atoms with Crippen LogP contribution >= 0.6 is 35.6 Å². The van der Waals surface area contributed by atoms with Crippen molar-refractivity contribution in [2.24, 2.45) is 4.99 Å². The number of aromatic nitrogens is 3. The number of pyridine rings is 1. The number of aryl methyl sites for hydroxylation is 1. The molecule has 3 rings (SSSR count). The maximum Gasteiger partial charge on any atom is 0.191 e. The fourth-order valence-corrected chi connectivity index (χ4v) is 2.87. The number of fused-ring (bicyclic) bond motifs is 1. The van der Waals surface area contributed by atoms with E-state index in [2.05, 4.69) is 32.7 Å². The lowest BCUT2D eigenvalue weighted by Gasteiger charge is -2.11. The van der Waals surface area contributed by atoms with Crippen molar-refractivity contribution in [2.45, 2.75) is 26.3 Å². The van der Waals surface area contributed by atoms with Gasteiger partial charge in [-0.05, 0) is 43.2 Å². The summed E-state index contributed by atoms with van der Waals surface area (Å²) in [5.41, 5.74) is 1.97. The molecule has 0 saturated carbocycles. The van der Waals surface area contributed by atoms with E-state index in [0.29, 0.717) is 6.54 Å². The number of nitrogens with one attached hydrogen (secondary N) is 2. The van der Waals surface area contributed by atoms with Crippen LogP contribution in [0.25, 0.3) is 5.65 Å². The number of aliphatic imine (C=N–C) groups is 1. The van der Waals surface area contributed by atoms with Gasteiger partial charge in [-0.1, -0.05) is 29.8 Å². The second-order valence-electron chi connectivity index (χ2n) is 5.90. The molecule has 0 aliphatic carbocycles. The van der Waals surface area contributed by atoms with Crippen LogP contribution in [0.4, 0.5) is 0 Å². The molecule has 0 fully saturated rings. The lowest BCUT2D eigenvalue weighted by Crippen LogP contribution is -2.37. The molecule has 0 aliphatic heterocycles. The van der Waals surface area contributed by atoms with E-state index in [4.69, 9.17) is 11.6 Å². The van der Waals surface area contributed by atoms with Gasteiger partial charge in [-0.25, -0.2) is 4.99 Å². The summed E-state index contributed by atoms with van der Waals surface area (Å²) in [5.74, 6) is 1.78. The molecule has 27 heavy (non-hydrogen) atoms. The lowest BCUT2D eigenvalue weighted by atomic mass is 10.2. The predicted octanol–water partition coefficient (Wildman–Crippen LogP) is 3.69. The van der Waals surface area contributed by atoms with E-state index in [-0.39, 0.29) is 24.0 Å². The second-order valence-corrected chi connectivity index (χ2v) is 6.34. The molecule has 1 aromatic carbocycles. The van der Waals surface area contributed by atoms with Gasteiger partial charge in [0.25, 0.3) is 0 Å². The highest BCUT2D eigenvalue weighted by Crippen LogP contribution is 2.11. The van der Waals surface area contributed by atoms with Crippen molar-refractivity contribution in [1.82, 2.24) is 25.2 Å². The van der Waals surface area contributed by atoms with E-state index in [1.165, 1.54) is 0 Å². The van der Waals surface area contributed by atoms with Crippen LogP contribution in [0.15, 0.2) is 53.7 Å². The van der Waals surface area contributed by atoms with Gasteiger partial charge in [0.15, 0.2) is 11.6 Å². The van der Waals surface area contributed by atoms with Gasteiger partial charge < -0.3 is 10.6 Å². The SMILES string of the molecule is CCNC(=NCc1cccc(Cl)c1)NCCCc1nnc2ccccn12.I. The monoisotopic (exact) mass is 498 g/mol. The van der Waals surface area contributed by atoms with Crippen LogP contribution < -0.4 is 10.6 Å². The van der Waals surface area contributed by atoms with E-state index in [0.717, 1.165) is 53.9 Å². The zero-order chi connectivity index (χ0) is 18.2. The minimum Gasteiger partial charge on any atom is -0.357 e. The molecule has 0 aliphatic rings. The third-order valence-corrected chi connectivity index (χ3v) is 4.14. The highest BCUT2D eigenvalue weighted by Gasteiger charge is 2.04. The molecule has 0 atom stereocenters. The van der Waals surface area contributed by atoms with Crippen molar-refractivity contribution in [2.75, 3.05) is 13.1 Å². The Morgan fingerprint density at radius 2 is 2.04 bits per heavy atom. The van der Waals surface area contributed by atoms with Crippen LogP contribution in [0.2, 0.25) is 5.02 Å². The van der Waals surface area contributed by atoms with Gasteiger partial charge >= 0.3 is 0 Å². The first-order valence-electron chi connectivity index (χ1n) is 8.81. The first-order chi connectivity index (χ1) is 12.8. The standard InChI is InChI=1S/C19H23ClN6.HI/c1-2-21-19(23-14-15-7-5-8-16(20)13-15)22-11-6-10-18-25-24-17-9-3-4-12-26(17)18;/h3-5,7-9,12-13H,2,6,10-11,14H2,1H3,(H2,21,22,23);1H. The van der Waals surface area contributed by atoms with Crippen LogP contribution in [0, 0.1) is 0 Å². The van der Waals surface area contributed by atoms with Gasteiger partial charge in [-0.2, -0.15) is 0 Å². The molecule has 2 heterocycles. The largest absolute Gasteiger partial charge is 0.357 e. The van der Waals surface area contributed by atoms with E-state index in [9.17, 15) is 0 Å². The van der Waals surface area contributed by atoms with Gasteiger partial charge in [0.05, 0.1) is 6.54 Å². The summed E-state index contributed by atoms with van der Waals surface area (Å²) in [7, 11) is 0. The topological polar surface area (TPSA) is 66.6 Å². The Kier molecular flexibility index (Phi) is 8.80. The van der Waals surface area contributed by atoms with Crippen molar-refractivity contribution in [3.8, 4) is 0 Å². The Balaban J connectivity index is 0.00000261. The lowest BCUT2D eigenvalue weighted by molar-refractivity contribution is 0.715. The second kappa shape index (κ2) is 11.1. The molecule has 0 saturated heterocycles. The first kappa shape index (κ1) is 21.4. The summed E-state index contributed by atoms with van der Waals surface area (Å²) in [6, 6.07) is 13.7. The van der Waals surface area contributed by atoms with Crippen molar-refractivity contribution in [1.29, 1.82) is 0 Å². The zero-order valence-corrected chi connectivity index (χ0v) is 18.3. The Morgan fingerprint density at radius 3 is 2.85 bits per heavy atom. The fourth-order valence-electron chi connectivity index (χ4n) is 2.66. The Bertz CT molecular complexity index is 879. The summed E-state index contributed by atoms with van der Waals surface area (Å²) >= 11 is 6.02. The minimum atomic E-state index is 0. The Hall–Kier alpha value is -1.87. The number of guanidine groups is 1. The van der Waals surface area contributed by atoms with Crippen LogP contribution in [-0.4, -0.2) is 33.6 Å². The predicted molar refractivity (Wildman–Crippen MR) is 121 cm³/mol. The molecule has 0 spiro atoms. The Labute approximate surface area is 181 Å². The van der Waals surface area contributed by atoms with E-state index in [1.807, 2.05) is 53.1 Å². The van der Waals surface area contributed by atoms with Crippen LogP contribution in [0.5, 0.6) is 0 Å². The number of rotatable bonds is 7. The maximum absolute atomic E-state index is 6.02. The van der Waals surface area contributed by atoms with Crippen molar-refractivity contribution >= 4 is 47.2 Å². The molecule has 0 bridgehead atoms. The zero-order valence-electron chi connectivity index (χ0n) is 15.2. The van der Waals surface area contributed by atoms with Crippen molar-refractivity contribution in [3.63, 3.8) is 0 Å². The quantitative estimate of drug-likeness (QED) is 0.226. The highest BCUT2D eigenvalue weighted by molar-refractivity contribution is 14.0. The number of nitrogens with zero attached hydrogens (tertiary/aromatic N) is 4. The van der Waals surface area contributed by atoms with Gasteiger partial charge in [0.2, 0.25) is 0 Å². The van der Waals surface area contributed by atoms with Gasteiger partial charge in [0.1, 0.15) is 5.82 Å². The average molecular weight is 499 g/mol. The molecular weight excluding hydrogens is 475 g/mol. The molecule has 8 heteroatoms. The van der Waals surface area contributed by atoms with Gasteiger partial charge in [-0.15, -0.1) is 34.2 Å². The smallest absolute Gasteiger partial charge is 0.191 e. The molecule has 2 aromatic heterocycles. The highest BCUT2D eigenvalue weighted by atomic mass is 127. The number of hydrogen-bond donors (Lipinski definition) is 2. The Morgan fingerprint density at radius 1 is 1.15 bits per heavy atom. The summed E-state index contributed by atoms with van der Waals surface area (Å²) in [5, 5.41) is 15.8. The van der Waals surface area contributed by atoms with Crippen LogP contribution in [0.1, 0.15) is 24.7 Å². The van der Waals surface area contributed by atoms with Gasteiger partial charge in [-0.3, -0.25) is 4.40 Å². The molecule has 3 aromatic rings. The number of halogens is 2. The number of benzene rings is 1. The van der Waals surface area contributed by atoms with Crippen LogP contribution in [0.3, 0.4) is 0 Å². The maximum atomic E-state index is 6.02. The number of hydrogen-bond acceptors (Lipinski definition) is 3. The van der Waals surface area contributed by atoms with E-state index >= 15 is 0 Å². The van der Waals surface area contributed by atoms with E-state index < -0.39 is 0 Å². The molecule has 0 radical (unpaired) electrons. The summed E-state index contributed by atoms with van der Waals surface area (Å²) in [6.07, 6.45) is 3.79. The first-order valence-corrected chi connectivity index (χ1v) is 9.19. The summed E-state index contributed by atoms with van der Waals surface area (Å²) in [6.45, 7) is 4.27. The summed E-state index contributed by atoms with van der Waals surface area (Å²) < 4.78 is 2.03. The third kappa shape index (κ3) is 6.35. The molecular formula is C19H24ClIN6. The molecule has 2 N–H and O–H groups in total.